The smallest absolute Gasteiger partial charge is 0.311 e. The standard InChI is InChI=1S/C18H22N2O2/c1-13-7-5-6-10-20(13)17-11-14(12-18(21)22-2)19-16-9-4-3-8-15(16)17/h3-4,8-9,11,13H,5-7,10,12H2,1-2H3. The van der Waals surface area contributed by atoms with E-state index in [1.54, 1.807) is 0 Å². The first-order valence-corrected chi connectivity index (χ1v) is 7.91. The molecule has 1 fully saturated rings. The third kappa shape index (κ3) is 2.91. The molecule has 4 nitrogen and oxygen atoms in total. The average molecular weight is 298 g/mol. The van der Waals surface area contributed by atoms with Gasteiger partial charge < -0.3 is 9.64 Å². The van der Waals surface area contributed by atoms with E-state index in [0.717, 1.165) is 23.1 Å². The van der Waals surface area contributed by atoms with Gasteiger partial charge in [-0.3, -0.25) is 9.78 Å². The van der Waals surface area contributed by atoms with Gasteiger partial charge in [0.05, 0.1) is 24.7 Å². The molecule has 0 bridgehead atoms. The Hall–Kier alpha value is -2.10. The topological polar surface area (TPSA) is 42.4 Å². The highest BCUT2D eigenvalue weighted by Gasteiger charge is 2.21. The fraction of sp³-hybridized carbons (Fsp3) is 0.444. The van der Waals surface area contributed by atoms with Crippen LogP contribution in [0.15, 0.2) is 30.3 Å². The minimum absolute atomic E-state index is 0.219. The molecule has 1 aliphatic heterocycles. The van der Waals surface area contributed by atoms with Gasteiger partial charge in [0.25, 0.3) is 0 Å². The molecule has 1 aromatic heterocycles. The number of para-hydroxylation sites is 1. The third-order valence-corrected chi connectivity index (χ3v) is 4.41. The van der Waals surface area contributed by atoms with Crippen molar-refractivity contribution in [3.8, 4) is 0 Å². The number of esters is 1. The van der Waals surface area contributed by atoms with E-state index < -0.39 is 0 Å². The van der Waals surface area contributed by atoms with E-state index in [4.69, 9.17) is 4.74 Å². The van der Waals surface area contributed by atoms with Gasteiger partial charge in [0.1, 0.15) is 0 Å². The molecule has 22 heavy (non-hydrogen) atoms. The molecule has 1 atom stereocenters. The third-order valence-electron chi connectivity index (χ3n) is 4.41. The Bertz CT molecular complexity index is 684. The summed E-state index contributed by atoms with van der Waals surface area (Å²) in [7, 11) is 1.41. The Kier molecular flexibility index (Phi) is 4.27. The fourth-order valence-corrected chi connectivity index (χ4v) is 3.21. The van der Waals surface area contributed by atoms with Crippen LogP contribution in [-0.4, -0.2) is 30.6 Å². The van der Waals surface area contributed by atoms with Gasteiger partial charge in [0.15, 0.2) is 0 Å². The zero-order valence-electron chi connectivity index (χ0n) is 13.2. The molecule has 0 N–H and O–H groups in total. The molecule has 0 spiro atoms. The molecular weight excluding hydrogens is 276 g/mol. The van der Waals surface area contributed by atoms with Crippen LogP contribution in [0.4, 0.5) is 5.69 Å². The molecule has 1 aromatic carbocycles. The number of piperidine rings is 1. The fourth-order valence-electron chi connectivity index (χ4n) is 3.21. The van der Waals surface area contributed by atoms with E-state index in [-0.39, 0.29) is 12.4 Å². The van der Waals surface area contributed by atoms with Crippen LogP contribution in [0.2, 0.25) is 0 Å². The lowest BCUT2D eigenvalue weighted by molar-refractivity contribution is -0.139. The second-order valence-corrected chi connectivity index (χ2v) is 5.94. The molecular formula is C18H22N2O2. The maximum atomic E-state index is 11.6. The van der Waals surface area contributed by atoms with Crippen LogP contribution in [-0.2, 0) is 16.0 Å². The van der Waals surface area contributed by atoms with Crippen LogP contribution < -0.4 is 4.90 Å². The predicted molar refractivity (Wildman–Crippen MR) is 88.1 cm³/mol. The largest absolute Gasteiger partial charge is 0.469 e. The first kappa shape index (κ1) is 14.8. The van der Waals surface area contributed by atoms with Crippen LogP contribution >= 0.6 is 0 Å². The summed E-state index contributed by atoms with van der Waals surface area (Å²) in [4.78, 5) is 18.7. The number of carbonyl (C=O) groups is 1. The normalized spacial score (nSPS) is 18.5. The van der Waals surface area contributed by atoms with Gasteiger partial charge in [-0.05, 0) is 38.3 Å². The van der Waals surface area contributed by atoms with Gasteiger partial charge in [0.2, 0.25) is 0 Å². The first-order chi connectivity index (χ1) is 10.7. The molecule has 2 heterocycles. The van der Waals surface area contributed by atoms with Crippen LogP contribution in [0.1, 0.15) is 31.9 Å². The predicted octanol–water partition coefficient (Wildman–Crippen LogP) is 3.33. The number of aromatic nitrogens is 1. The number of ether oxygens (including phenoxy) is 1. The summed E-state index contributed by atoms with van der Waals surface area (Å²) in [6.07, 6.45) is 3.93. The Balaban J connectivity index is 2.07. The SMILES string of the molecule is COC(=O)Cc1cc(N2CCCCC2C)c2ccccc2n1. The van der Waals surface area contributed by atoms with Gasteiger partial charge in [0, 0.05) is 23.7 Å². The number of nitrogens with zero attached hydrogens (tertiary/aromatic N) is 2. The lowest BCUT2D eigenvalue weighted by Crippen LogP contribution is -2.37. The van der Waals surface area contributed by atoms with Crippen molar-refractivity contribution in [1.29, 1.82) is 0 Å². The molecule has 0 saturated carbocycles. The average Bonchev–Trinajstić information content (AvgIpc) is 2.54. The Morgan fingerprint density at radius 1 is 1.36 bits per heavy atom. The van der Waals surface area contributed by atoms with E-state index in [0.29, 0.717) is 6.04 Å². The first-order valence-electron chi connectivity index (χ1n) is 7.91. The van der Waals surface area contributed by atoms with Crippen molar-refractivity contribution < 1.29 is 9.53 Å². The van der Waals surface area contributed by atoms with Crippen LogP contribution in [0.25, 0.3) is 10.9 Å². The van der Waals surface area contributed by atoms with E-state index in [1.165, 1.54) is 32.1 Å². The van der Waals surface area contributed by atoms with Crippen molar-refractivity contribution in [2.24, 2.45) is 0 Å². The van der Waals surface area contributed by atoms with Crippen molar-refractivity contribution in [3.63, 3.8) is 0 Å². The van der Waals surface area contributed by atoms with E-state index in [2.05, 4.69) is 28.9 Å². The van der Waals surface area contributed by atoms with Crippen molar-refractivity contribution in [3.05, 3.63) is 36.0 Å². The number of hydrogen-bond acceptors (Lipinski definition) is 4. The maximum absolute atomic E-state index is 11.6. The van der Waals surface area contributed by atoms with Crippen molar-refractivity contribution in [2.75, 3.05) is 18.6 Å². The summed E-state index contributed by atoms with van der Waals surface area (Å²) in [5, 5.41) is 1.16. The summed E-state index contributed by atoms with van der Waals surface area (Å²) in [6, 6.07) is 10.7. The summed E-state index contributed by atoms with van der Waals surface area (Å²) < 4.78 is 4.78. The molecule has 2 aromatic rings. The molecule has 0 radical (unpaired) electrons. The highest BCUT2D eigenvalue weighted by atomic mass is 16.5. The van der Waals surface area contributed by atoms with Gasteiger partial charge in [-0.2, -0.15) is 0 Å². The Morgan fingerprint density at radius 3 is 2.95 bits per heavy atom. The van der Waals surface area contributed by atoms with Crippen molar-refractivity contribution >= 4 is 22.6 Å². The molecule has 4 heteroatoms. The Morgan fingerprint density at radius 2 is 2.18 bits per heavy atom. The number of carbonyl (C=O) groups excluding carboxylic acids is 1. The number of anilines is 1. The van der Waals surface area contributed by atoms with Crippen LogP contribution in [0.5, 0.6) is 0 Å². The highest BCUT2D eigenvalue weighted by molar-refractivity contribution is 5.92. The second kappa shape index (κ2) is 6.34. The summed E-state index contributed by atoms with van der Waals surface area (Å²) in [5.41, 5.74) is 2.91. The minimum Gasteiger partial charge on any atom is -0.469 e. The molecule has 1 aliphatic rings. The molecule has 116 valence electrons. The van der Waals surface area contributed by atoms with Gasteiger partial charge in [-0.15, -0.1) is 0 Å². The van der Waals surface area contributed by atoms with E-state index in [1.807, 2.05) is 18.2 Å². The lowest BCUT2D eigenvalue weighted by Gasteiger charge is -2.36. The van der Waals surface area contributed by atoms with E-state index in [9.17, 15) is 4.79 Å². The quantitative estimate of drug-likeness (QED) is 0.815. The lowest BCUT2D eigenvalue weighted by atomic mass is 10.0. The van der Waals surface area contributed by atoms with Gasteiger partial charge >= 0.3 is 5.97 Å². The zero-order valence-corrected chi connectivity index (χ0v) is 13.2. The molecule has 0 amide bonds. The van der Waals surface area contributed by atoms with E-state index >= 15 is 0 Å². The van der Waals surface area contributed by atoms with Gasteiger partial charge in [-0.25, -0.2) is 0 Å². The highest BCUT2D eigenvalue weighted by Crippen LogP contribution is 2.31. The van der Waals surface area contributed by atoms with Crippen LogP contribution in [0, 0.1) is 0 Å². The Labute approximate surface area is 131 Å². The summed E-state index contributed by atoms with van der Waals surface area (Å²) >= 11 is 0. The number of pyridine rings is 1. The molecule has 1 saturated heterocycles. The number of fused-ring (bicyclic) bond motifs is 1. The van der Waals surface area contributed by atoms with Gasteiger partial charge in [-0.1, -0.05) is 18.2 Å². The molecule has 0 aliphatic carbocycles. The zero-order chi connectivity index (χ0) is 15.5. The van der Waals surface area contributed by atoms with Crippen molar-refractivity contribution in [2.45, 2.75) is 38.6 Å². The monoisotopic (exact) mass is 298 g/mol. The second-order valence-electron chi connectivity index (χ2n) is 5.94. The number of rotatable bonds is 3. The minimum atomic E-state index is -0.250. The number of methoxy groups -OCH3 is 1. The summed E-state index contributed by atoms with van der Waals surface area (Å²) in [5.74, 6) is -0.250. The maximum Gasteiger partial charge on any atom is 0.311 e. The number of hydrogen-bond donors (Lipinski definition) is 0. The summed E-state index contributed by atoms with van der Waals surface area (Å²) in [6.45, 7) is 3.33. The van der Waals surface area contributed by atoms with Crippen LogP contribution in [0.3, 0.4) is 0 Å². The molecule has 1 unspecified atom stereocenters. The molecule has 3 rings (SSSR count). The number of benzene rings is 1. The van der Waals surface area contributed by atoms with Crippen molar-refractivity contribution in [1.82, 2.24) is 4.98 Å².